The molecule has 0 aliphatic heterocycles. The van der Waals surface area contributed by atoms with Crippen LogP contribution in [0.4, 0.5) is 0 Å². The summed E-state index contributed by atoms with van der Waals surface area (Å²) in [5.41, 5.74) is 4.85. The average Bonchev–Trinajstić information content (AvgIpc) is 2.36. The lowest BCUT2D eigenvalue weighted by Gasteiger charge is -2.10. The van der Waals surface area contributed by atoms with Crippen molar-refractivity contribution in [2.45, 2.75) is 34.2 Å². The predicted molar refractivity (Wildman–Crippen MR) is 83.6 cm³/mol. The highest BCUT2D eigenvalue weighted by Gasteiger charge is 2.11. The lowest BCUT2D eigenvalue weighted by Crippen LogP contribution is -2.28. The molecule has 0 aliphatic rings. The summed E-state index contributed by atoms with van der Waals surface area (Å²) in [6.07, 6.45) is 0. The Morgan fingerprint density at radius 1 is 1.10 bits per heavy atom. The highest BCUT2D eigenvalue weighted by atomic mass is 16.1. The third-order valence-electron chi connectivity index (χ3n) is 3.55. The van der Waals surface area contributed by atoms with E-state index in [0.717, 1.165) is 22.4 Å². The van der Waals surface area contributed by atoms with Crippen LogP contribution < -0.4 is 10.9 Å². The Hall–Kier alpha value is -2.36. The molecule has 0 spiro atoms. The number of aromatic nitrogens is 1. The van der Waals surface area contributed by atoms with Crippen LogP contribution in [0.25, 0.3) is 0 Å². The molecule has 2 aromatic rings. The van der Waals surface area contributed by atoms with Gasteiger partial charge < -0.3 is 10.3 Å². The summed E-state index contributed by atoms with van der Waals surface area (Å²) >= 11 is 0. The second-order valence-corrected chi connectivity index (χ2v) is 5.44. The molecule has 21 heavy (non-hydrogen) atoms. The predicted octanol–water partition coefficient (Wildman–Crippen LogP) is 2.54. The monoisotopic (exact) mass is 284 g/mol. The van der Waals surface area contributed by atoms with Gasteiger partial charge in [0.25, 0.3) is 11.5 Å². The fourth-order valence-corrected chi connectivity index (χ4v) is 2.43. The Morgan fingerprint density at radius 3 is 2.43 bits per heavy atom. The zero-order chi connectivity index (χ0) is 15.6. The van der Waals surface area contributed by atoms with Crippen LogP contribution in [0.2, 0.25) is 0 Å². The molecule has 1 aromatic carbocycles. The van der Waals surface area contributed by atoms with Gasteiger partial charge in [-0.2, -0.15) is 0 Å². The van der Waals surface area contributed by atoms with Crippen LogP contribution in [0, 0.1) is 27.7 Å². The average molecular weight is 284 g/mol. The van der Waals surface area contributed by atoms with E-state index in [4.69, 9.17) is 0 Å². The summed E-state index contributed by atoms with van der Waals surface area (Å²) < 4.78 is 0. The van der Waals surface area contributed by atoms with Gasteiger partial charge >= 0.3 is 0 Å². The molecule has 4 heteroatoms. The van der Waals surface area contributed by atoms with Gasteiger partial charge in [-0.15, -0.1) is 0 Å². The molecule has 0 atom stereocenters. The van der Waals surface area contributed by atoms with E-state index in [-0.39, 0.29) is 18.0 Å². The minimum absolute atomic E-state index is 0.145. The van der Waals surface area contributed by atoms with E-state index in [9.17, 15) is 9.59 Å². The fourth-order valence-electron chi connectivity index (χ4n) is 2.43. The largest absolute Gasteiger partial charge is 0.348 e. The number of hydrogen-bond acceptors (Lipinski definition) is 2. The number of carbonyl (C=O) groups is 1. The summed E-state index contributed by atoms with van der Waals surface area (Å²) in [7, 11) is 0. The van der Waals surface area contributed by atoms with Crippen LogP contribution in [0.5, 0.6) is 0 Å². The van der Waals surface area contributed by atoms with Crippen molar-refractivity contribution in [1.82, 2.24) is 10.3 Å². The van der Waals surface area contributed by atoms with Gasteiger partial charge in [0.05, 0.1) is 0 Å². The summed E-state index contributed by atoms with van der Waals surface area (Å²) in [4.78, 5) is 26.9. The van der Waals surface area contributed by atoms with Gasteiger partial charge in [-0.1, -0.05) is 17.7 Å². The Kier molecular flexibility index (Phi) is 4.26. The zero-order valence-electron chi connectivity index (χ0n) is 12.8. The van der Waals surface area contributed by atoms with Gasteiger partial charge in [0.2, 0.25) is 0 Å². The number of H-pyrrole nitrogens is 1. The lowest BCUT2D eigenvalue weighted by atomic mass is 10.0. The summed E-state index contributed by atoms with van der Waals surface area (Å²) in [6.45, 7) is 7.84. The molecule has 0 fully saturated rings. The van der Waals surface area contributed by atoms with Crippen molar-refractivity contribution in [2.75, 3.05) is 0 Å². The maximum atomic E-state index is 12.2. The third kappa shape index (κ3) is 3.40. The van der Waals surface area contributed by atoms with E-state index >= 15 is 0 Å². The molecule has 0 radical (unpaired) electrons. The fraction of sp³-hybridized carbons (Fsp3) is 0.294. The van der Waals surface area contributed by atoms with Crippen LogP contribution in [0.1, 0.15) is 38.3 Å². The molecule has 0 bridgehead atoms. The maximum Gasteiger partial charge on any atom is 0.253 e. The van der Waals surface area contributed by atoms with Crippen molar-refractivity contribution >= 4 is 5.91 Å². The van der Waals surface area contributed by atoms with Gasteiger partial charge in [0, 0.05) is 23.4 Å². The topological polar surface area (TPSA) is 62.0 Å². The van der Waals surface area contributed by atoms with Gasteiger partial charge in [-0.25, -0.2) is 0 Å². The summed E-state index contributed by atoms with van der Waals surface area (Å²) in [5, 5.41) is 2.82. The standard InChI is InChI=1S/C17H20N2O2/c1-10-5-6-14(11(2)7-10)16(20)18-9-15-12(3)8-13(4)19-17(15)21/h5-8H,9H2,1-4H3,(H,18,20)(H,19,21). The Labute approximate surface area is 124 Å². The van der Waals surface area contributed by atoms with Crippen LogP contribution in [-0.4, -0.2) is 10.9 Å². The van der Waals surface area contributed by atoms with Crippen molar-refractivity contribution in [3.8, 4) is 0 Å². The number of benzene rings is 1. The molecule has 0 saturated carbocycles. The van der Waals surface area contributed by atoms with E-state index in [1.165, 1.54) is 0 Å². The third-order valence-corrected chi connectivity index (χ3v) is 3.55. The second kappa shape index (κ2) is 5.95. The molecule has 0 aliphatic carbocycles. The number of nitrogens with one attached hydrogen (secondary N) is 2. The quantitative estimate of drug-likeness (QED) is 0.910. The van der Waals surface area contributed by atoms with E-state index in [1.54, 1.807) is 0 Å². The Morgan fingerprint density at radius 2 is 1.81 bits per heavy atom. The second-order valence-electron chi connectivity index (χ2n) is 5.44. The first-order chi connectivity index (χ1) is 9.88. The van der Waals surface area contributed by atoms with Crippen LogP contribution in [0.3, 0.4) is 0 Å². The van der Waals surface area contributed by atoms with E-state index in [2.05, 4.69) is 10.3 Å². The molecule has 1 aromatic heterocycles. The van der Waals surface area contributed by atoms with Crippen molar-refractivity contribution < 1.29 is 4.79 Å². The van der Waals surface area contributed by atoms with Crippen LogP contribution >= 0.6 is 0 Å². The highest BCUT2D eigenvalue weighted by molar-refractivity contribution is 5.95. The molecule has 1 amide bonds. The number of amides is 1. The van der Waals surface area contributed by atoms with Crippen molar-refractivity contribution in [3.63, 3.8) is 0 Å². The number of aryl methyl sites for hydroxylation is 4. The van der Waals surface area contributed by atoms with Crippen molar-refractivity contribution in [2.24, 2.45) is 0 Å². The number of aromatic amines is 1. The molecule has 0 unspecified atom stereocenters. The van der Waals surface area contributed by atoms with Gasteiger partial charge in [-0.05, 0) is 51.0 Å². The summed E-state index contributed by atoms with van der Waals surface area (Å²) in [5.74, 6) is -0.160. The van der Waals surface area contributed by atoms with Gasteiger partial charge in [0.1, 0.15) is 0 Å². The molecule has 4 nitrogen and oxygen atoms in total. The van der Waals surface area contributed by atoms with Crippen molar-refractivity contribution in [3.05, 3.63) is 68.1 Å². The highest BCUT2D eigenvalue weighted by Crippen LogP contribution is 2.11. The van der Waals surface area contributed by atoms with E-state index in [1.807, 2.05) is 52.0 Å². The smallest absolute Gasteiger partial charge is 0.253 e. The first-order valence-corrected chi connectivity index (χ1v) is 6.93. The minimum Gasteiger partial charge on any atom is -0.348 e. The van der Waals surface area contributed by atoms with E-state index in [0.29, 0.717) is 11.1 Å². The number of pyridine rings is 1. The molecule has 2 N–H and O–H groups in total. The summed E-state index contributed by atoms with van der Waals surface area (Å²) in [6, 6.07) is 7.59. The van der Waals surface area contributed by atoms with Crippen LogP contribution in [-0.2, 0) is 6.54 Å². The number of hydrogen-bond donors (Lipinski definition) is 2. The molecular formula is C17H20N2O2. The molecule has 1 heterocycles. The molecule has 0 saturated heterocycles. The Balaban J connectivity index is 2.17. The van der Waals surface area contributed by atoms with Crippen molar-refractivity contribution in [1.29, 1.82) is 0 Å². The Bertz CT molecular complexity index is 745. The zero-order valence-corrected chi connectivity index (χ0v) is 12.8. The normalized spacial score (nSPS) is 10.5. The lowest BCUT2D eigenvalue weighted by molar-refractivity contribution is 0.0950. The first-order valence-electron chi connectivity index (χ1n) is 6.93. The molecule has 110 valence electrons. The van der Waals surface area contributed by atoms with Gasteiger partial charge in [-0.3, -0.25) is 9.59 Å². The maximum absolute atomic E-state index is 12.2. The van der Waals surface area contributed by atoms with Crippen LogP contribution in [0.15, 0.2) is 29.1 Å². The van der Waals surface area contributed by atoms with E-state index < -0.39 is 0 Å². The van der Waals surface area contributed by atoms with Gasteiger partial charge in [0.15, 0.2) is 0 Å². The molecular weight excluding hydrogens is 264 g/mol. The SMILES string of the molecule is Cc1ccc(C(=O)NCc2c(C)cc(C)[nH]c2=O)c(C)c1. The molecule has 2 rings (SSSR count). The minimum atomic E-state index is -0.160. The first kappa shape index (κ1) is 15.0. The number of rotatable bonds is 3. The number of carbonyl (C=O) groups excluding carboxylic acids is 1.